The molecule has 0 unspecified atom stereocenters. The fraction of sp³-hybridized carbons (Fsp3) is 0.455. The number of hydrogen-bond acceptors (Lipinski definition) is 6. The Morgan fingerprint density at radius 3 is 2.45 bits per heavy atom. The van der Waals surface area contributed by atoms with Crippen molar-refractivity contribution < 1.29 is 9.53 Å². The van der Waals surface area contributed by atoms with Crippen LogP contribution in [-0.2, 0) is 6.54 Å². The molecule has 2 aliphatic heterocycles. The molecule has 40 heavy (non-hydrogen) atoms. The first-order chi connectivity index (χ1) is 19.3. The van der Waals surface area contributed by atoms with E-state index in [1.54, 1.807) is 7.11 Å². The van der Waals surface area contributed by atoms with Crippen LogP contribution in [0.15, 0.2) is 66.9 Å². The lowest BCUT2D eigenvalue weighted by Crippen LogP contribution is -2.68. The first-order valence-corrected chi connectivity index (χ1v) is 14.5. The molecule has 3 heterocycles. The monoisotopic (exact) mass is 539 g/mol. The molecule has 1 aliphatic carbocycles. The van der Waals surface area contributed by atoms with Crippen molar-refractivity contribution in [3.8, 4) is 5.88 Å². The Bertz CT molecular complexity index is 1330. The van der Waals surface area contributed by atoms with Gasteiger partial charge in [-0.3, -0.25) is 14.6 Å². The minimum Gasteiger partial charge on any atom is -0.481 e. The zero-order chi connectivity index (χ0) is 27.9. The van der Waals surface area contributed by atoms with Crippen molar-refractivity contribution in [3.63, 3.8) is 0 Å². The van der Waals surface area contributed by atoms with Crippen LogP contribution in [0.3, 0.4) is 0 Å². The highest BCUT2D eigenvalue weighted by Crippen LogP contribution is 2.53. The van der Waals surface area contributed by atoms with Gasteiger partial charge in [0.05, 0.1) is 7.11 Å². The zero-order valence-corrected chi connectivity index (χ0v) is 23.9. The summed E-state index contributed by atoms with van der Waals surface area (Å²) in [7, 11) is 1.66. The van der Waals surface area contributed by atoms with E-state index >= 15 is 0 Å². The molecule has 2 aromatic carbocycles. The number of anilines is 1. The average Bonchev–Trinajstić information content (AvgIpc) is 2.92. The van der Waals surface area contributed by atoms with E-state index in [-0.39, 0.29) is 5.91 Å². The summed E-state index contributed by atoms with van der Waals surface area (Å²) in [4.78, 5) is 23.7. The lowest BCUT2D eigenvalue weighted by atomic mass is 9.59. The molecule has 3 aliphatic rings. The van der Waals surface area contributed by atoms with Gasteiger partial charge in [-0.1, -0.05) is 44.2 Å². The van der Waals surface area contributed by atoms with Crippen molar-refractivity contribution in [2.45, 2.75) is 51.2 Å². The second-order valence-corrected chi connectivity index (χ2v) is 12.3. The summed E-state index contributed by atoms with van der Waals surface area (Å²) in [5, 5.41) is 0. The number of amides is 1. The van der Waals surface area contributed by atoms with Crippen LogP contribution >= 0.6 is 0 Å². The number of carbonyl (C=O) groups excluding carboxylic acids is 1. The van der Waals surface area contributed by atoms with Gasteiger partial charge in [0.25, 0.3) is 0 Å². The number of ether oxygens (including phenoxy) is 1. The molecule has 6 rings (SSSR count). The van der Waals surface area contributed by atoms with Crippen molar-refractivity contribution in [1.82, 2.24) is 14.8 Å². The predicted octanol–water partition coefficient (Wildman–Crippen LogP) is 4.84. The highest BCUT2D eigenvalue weighted by molar-refractivity contribution is 5.93. The molecule has 0 radical (unpaired) electrons. The molecular weight excluding hydrogens is 498 g/mol. The van der Waals surface area contributed by atoms with Crippen molar-refractivity contribution in [2.75, 3.05) is 44.7 Å². The number of nitrogens with zero attached hydrogens (tertiary/aromatic N) is 4. The smallest absolute Gasteiger partial charge is 0.248 e. The Morgan fingerprint density at radius 2 is 1.80 bits per heavy atom. The van der Waals surface area contributed by atoms with Gasteiger partial charge in [-0.05, 0) is 59.7 Å². The molecule has 1 atom stereocenters. The number of hydrogen-bond donors (Lipinski definition) is 1. The molecule has 3 aromatic rings. The third-order valence-corrected chi connectivity index (χ3v) is 9.27. The summed E-state index contributed by atoms with van der Waals surface area (Å²) in [6, 6.07) is 21.9. The van der Waals surface area contributed by atoms with Crippen LogP contribution in [0.2, 0.25) is 0 Å². The lowest BCUT2D eigenvalue weighted by molar-refractivity contribution is -0.0647. The SMILES string of the molecule is COc1ccc(CN2CCN(C3CC4(C3)CN(c3ccc(C(N)=O)cc3)C4)[C@H](c3ccccc3C(C)C)C2)cn1. The second kappa shape index (κ2) is 10.9. The van der Waals surface area contributed by atoms with Gasteiger partial charge < -0.3 is 15.4 Å². The molecule has 1 saturated carbocycles. The molecule has 1 spiro atoms. The van der Waals surface area contributed by atoms with Crippen LogP contribution in [0.4, 0.5) is 5.69 Å². The first-order valence-electron chi connectivity index (χ1n) is 14.5. The number of primary amides is 1. The quantitative estimate of drug-likeness (QED) is 0.442. The molecule has 2 N–H and O–H groups in total. The topological polar surface area (TPSA) is 74.9 Å². The Balaban J connectivity index is 1.14. The van der Waals surface area contributed by atoms with Gasteiger partial charge in [0.1, 0.15) is 0 Å². The van der Waals surface area contributed by atoms with Crippen LogP contribution in [0.5, 0.6) is 5.88 Å². The van der Waals surface area contributed by atoms with Crippen LogP contribution in [0, 0.1) is 5.41 Å². The molecule has 7 nitrogen and oxygen atoms in total. The summed E-state index contributed by atoms with van der Waals surface area (Å²) in [5.41, 5.74) is 11.8. The molecule has 1 aromatic heterocycles. The molecule has 2 saturated heterocycles. The maximum atomic E-state index is 11.4. The Morgan fingerprint density at radius 1 is 1.05 bits per heavy atom. The van der Waals surface area contributed by atoms with E-state index in [4.69, 9.17) is 10.5 Å². The van der Waals surface area contributed by atoms with Gasteiger partial charge in [0.15, 0.2) is 0 Å². The van der Waals surface area contributed by atoms with E-state index in [1.165, 1.54) is 35.2 Å². The highest BCUT2D eigenvalue weighted by Gasteiger charge is 2.55. The number of methoxy groups -OCH3 is 1. The molecule has 0 bridgehead atoms. The third kappa shape index (κ3) is 5.20. The van der Waals surface area contributed by atoms with E-state index in [9.17, 15) is 4.79 Å². The van der Waals surface area contributed by atoms with Gasteiger partial charge in [0.2, 0.25) is 11.8 Å². The summed E-state index contributed by atoms with van der Waals surface area (Å²) in [6.45, 7) is 10.9. The number of aromatic nitrogens is 1. The second-order valence-electron chi connectivity index (χ2n) is 12.3. The van der Waals surface area contributed by atoms with Gasteiger partial charge in [-0.25, -0.2) is 4.98 Å². The number of benzene rings is 2. The van der Waals surface area contributed by atoms with E-state index in [1.807, 2.05) is 36.5 Å². The molecule has 1 amide bonds. The number of piperazine rings is 1. The summed E-state index contributed by atoms with van der Waals surface area (Å²) in [6.07, 6.45) is 4.46. The fourth-order valence-corrected chi connectivity index (χ4v) is 7.15. The summed E-state index contributed by atoms with van der Waals surface area (Å²) in [5.74, 6) is 0.782. The molecule has 210 valence electrons. The third-order valence-electron chi connectivity index (χ3n) is 9.27. The number of pyridine rings is 1. The minimum atomic E-state index is -0.372. The first kappa shape index (κ1) is 26.8. The predicted molar refractivity (Wildman–Crippen MR) is 159 cm³/mol. The Kier molecular flexibility index (Phi) is 7.27. The van der Waals surface area contributed by atoms with Gasteiger partial charge >= 0.3 is 0 Å². The van der Waals surface area contributed by atoms with Crippen molar-refractivity contribution in [1.29, 1.82) is 0 Å². The average molecular weight is 540 g/mol. The zero-order valence-electron chi connectivity index (χ0n) is 23.9. The number of nitrogens with two attached hydrogens (primary N) is 1. The van der Waals surface area contributed by atoms with Crippen LogP contribution in [0.25, 0.3) is 0 Å². The Labute approximate surface area is 237 Å². The number of rotatable bonds is 8. The van der Waals surface area contributed by atoms with Gasteiger partial charge in [-0.2, -0.15) is 0 Å². The largest absolute Gasteiger partial charge is 0.481 e. The molecule has 3 fully saturated rings. The Hall–Kier alpha value is -3.42. The van der Waals surface area contributed by atoms with Crippen molar-refractivity contribution in [3.05, 3.63) is 89.1 Å². The van der Waals surface area contributed by atoms with Gasteiger partial charge in [-0.15, -0.1) is 0 Å². The standard InChI is InChI=1S/C33H41N5O2/c1-23(2)28-6-4-5-7-29(28)30-20-36(19-24-8-13-31(40-3)35-18-24)14-15-38(30)27-16-33(17-27)21-37(22-33)26-11-9-25(10-12-26)32(34)39/h4-13,18,23,27,30H,14-17,19-22H2,1-3H3,(H2,34,39)/t30-/m0/s1. The number of carbonyl (C=O) groups is 1. The lowest BCUT2D eigenvalue weighted by Gasteiger charge is -2.63. The summed E-state index contributed by atoms with van der Waals surface area (Å²) < 4.78 is 5.25. The molecule has 7 heteroatoms. The van der Waals surface area contributed by atoms with Crippen molar-refractivity contribution >= 4 is 11.6 Å². The van der Waals surface area contributed by atoms with Crippen LogP contribution < -0.4 is 15.4 Å². The van der Waals surface area contributed by atoms with Crippen molar-refractivity contribution in [2.24, 2.45) is 11.1 Å². The summed E-state index contributed by atoms with van der Waals surface area (Å²) >= 11 is 0. The minimum absolute atomic E-state index is 0.372. The molecular formula is C33H41N5O2. The van der Waals surface area contributed by atoms with E-state index in [0.29, 0.717) is 34.9 Å². The van der Waals surface area contributed by atoms with Gasteiger partial charge in [0, 0.05) is 80.3 Å². The maximum Gasteiger partial charge on any atom is 0.248 e. The normalized spacial score (nSPS) is 21.3. The highest BCUT2D eigenvalue weighted by atomic mass is 16.5. The maximum absolute atomic E-state index is 11.4. The van der Waals surface area contributed by atoms with Crippen LogP contribution in [-0.4, -0.2) is 66.6 Å². The fourth-order valence-electron chi connectivity index (χ4n) is 7.15. The van der Waals surface area contributed by atoms with Crippen LogP contribution in [0.1, 0.15) is 65.7 Å². The van der Waals surface area contributed by atoms with E-state index < -0.39 is 0 Å². The van der Waals surface area contributed by atoms with E-state index in [0.717, 1.165) is 39.3 Å². The van der Waals surface area contributed by atoms with E-state index in [2.05, 4.69) is 63.9 Å².